The van der Waals surface area contributed by atoms with Crippen LogP contribution >= 0.6 is 0 Å². The molecule has 2 aliphatic heterocycles. The van der Waals surface area contributed by atoms with Crippen molar-refractivity contribution in [1.82, 2.24) is 19.9 Å². The zero-order valence-corrected chi connectivity index (χ0v) is 22.2. The number of carbonyl (C=O) groups is 2. The largest absolute Gasteiger partial charge is 0.465 e. The van der Waals surface area contributed by atoms with Crippen LogP contribution in [0.1, 0.15) is 31.2 Å². The van der Waals surface area contributed by atoms with Crippen LogP contribution in [0.5, 0.6) is 11.6 Å². The number of carbonyl (C=O) groups excluding carboxylic acids is 1. The monoisotopic (exact) mass is 538 g/mol. The van der Waals surface area contributed by atoms with Gasteiger partial charge >= 0.3 is 6.09 Å². The summed E-state index contributed by atoms with van der Waals surface area (Å²) in [5.74, 6) is 1.64. The van der Waals surface area contributed by atoms with Gasteiger partial charge in [-0.1, -0.05) is 24.3 Å². The third-order valence-corrected chi connectivity index (χ3v) is 7.48. The second kappa shape index (κ2) is 10.8. The zero-order valence-electron chi connectivity index (χ0n) is 22.2. The van der Waals surface area contributed by atoms with Crippen molar-refractivity contribution in [2.45, 2.75) is 38.6 Å². The molecular weight excluding hydrogens is 508 g/mol. The number of piperidine rings is 1. The number of hydrogen-bond donors (Lipinski definition) is 2. The summed E-state index contributed by atoms with van der Waals surface area (Å²) in [4.78, 5) is 40.8. The fourth-order valence-corrected chi connectivity index (χ4v) is 5.49. The number of amides is 2. The number of benzene rings is 2. The summed E-state index contributed by atoms with van der Waals surface area (Å²) in [5.41, 5.74) is 3.17. The highest BCUT2D eigenvalue weighted by atomic mass is 16.5. The Kier molecular flexibility index (Phi) is 6.90. The van der Waals surface area contributed by atoms with E-state index in [1.807, 2.05) is 54.3 Å². The molecule has 2 aromatic carbocycles. The van der Waals surface area contributed by atoms with E-state index < -0.39 is 6.09 Å². The van der Waals surface area contributed by atoms with Crippen LogP contribution in [0.2, 0.25) is 0 Å². The van der Waals surface area contributed by atoms with Gasteiger partial charge in [-0.05, 0) is 56.0 Å². The minimum atomic E-state index is -0.916. The van der Waals surface area contributed by atoms with Crippen LogP contribution in [-0.4, -0.2) is 62.6 Å². The Bertz CT molecular complexity index is 1590. The topological polar surface area (TPSA) is 121 Å². The van der Waals surface area contributed by atoms with Gasteiger partial charge in [0.2, 0.25) is 17.7 Å². The third kappa shape index (κ3) is 5.00. The molecule has 1 atom stereocenters. The lowest BCUT2D eigenvalue weighted by Crippen LogP contribution is -2.44. The minimum Gasteiger partial charge on any atom is -0.465 e. The summed E-state index contributed by atoms with van der Waals surface area (Å²) in [6.07, 6.45) is 5.47. The molecule has 2 aliphatic rings. The van der Waals surface area contributed by atoms with Crippen LogP contribution in [0, 0.1) is 6.92 Å². The first-order valence-corrected chi connectivity index (χ1v) is 13.5. The molecule has 204 valence electrons. The number of nitrogens with one attached hydrogen (secondary N) is 1. The molecule has 0 bridgehead atoms. The van der Waals surface area contributed by atoms with Crippen LogP contribution in [0.3, 0.4) is 0 Å². The number of fused-ring (bicyclic) bond motifs is 1. The van der Waals surface area contributed by atoms with Gasteiger partial charge in [0.1, 0.15) is 5.75 Å². The van der Waals surface area contributed by atoms with Crippen LogP contribution in [-0.2, 0) is 4.79 Å². The van der Waals surface area contributed by atoms with Crippen molar-refractivity contribution in [2.75, 3.05) is 29.9 Å². The average Bonchev–Trinajstić information content (AvgIpc) is 3.40. The summed E-state index contributed by atoms with van der Waals surface area (Å²) in [5, 5.41) is 14.5. The van der Waals surface area contributed by atoms with Crippen molar-refractivity contribution in [2.24, 2.45) is 0 Å². The number of nitrogens with zero attached hydrogens (tertiary/aromatic N) is 5. The Morgan fingerprint density at radius 2 is 1.93 bits per heavy atom. The smallest absolute Gasteiger partial charge is 0.407 e. The van der Waals surface area contributed by atoms with Crippen LogP contribution in [0.15, 0.2) is 60.9 Å². The zero-order chi connectivity index (χ0) is 27.6. The van der Waals surface area contributed by atoms with Gasteiger partial charge in [0.05, 0.1) is 16.9 Å². The molecule has 40 heavy (non-hydrogen) atoms. The number of aromatic nitrogens is 3. The van der Waals surface area contributed by atoms with Crippen molar-refractivity contribution in [3.63, 3.8) is 0 Å². The van der Waals surface area contributed by atoms with Crippen molar-refractivity contribution < 1.29 is 19.4 Å². The van der Waals surface area contributed by atoms with E-state index in [4.69, 9.17) is 9.72 Å². The number of rotatable bonds is 6. The summed E-state index contributed by atoms with van der Waals surface area (Å²) >= 11 is 0. The molecule has 0 unspecified atom stereocenters. The van der Waals surface area contributed by atoms with Crippen molar-refractivity contribution >= 4 is 34.4 Å². The molecule has 2 saturated heterocycles. The Labute approximate surface area is 231 Å². The Balaban J connectivity index is 1.31. The lowest BCUT2D eigenvalue weighted by atomic mass is 10.0. The number of carboxylic acid groups (broad SMARTS) is 1. The molecule has 4 aromatic rings. The van der Waals surface area contributed by atoms with E-state index in [0.29, 0.717) is 54.9 Å². The summed E-state index contributed by atoms with van der Waals surface area (Å²) in [6, 6.07) is 15.4. The third-order valence-electron chi connectivity index (χ3n) is 7.48. The molecule has 0 saturated carbocycles. The highest BCUT2D eigenvalue weighted by Gasteiger charge is 2.25. The molecule has 2 fully saturated rings. The van der Waals surface area contributed by atoms with Crippen molar-refractivity contribution in [3.05, 3.63) is 66.5 Å². The summed E-state index contributed by atoms with van der Waals surface area (Å²) in [6.45, 7) is 3.62. The lowest BCUT2D eigenvalue weighted by Gasteiger charge is -2.31. The van der Waals surface area contributed by atoms with E-state index >= 15 is 0 Å². The molecule has 0 aliphatic carbocycles. The fraction of sp³-hybridized carbons (Fsp3) is 0.300. The summed E-state index contributed by atoms with van der Waals surface area (Å²) in [7, 11) is 0. The van der Waals surface area contributed by atoms with E-state index in [1.165, 1.54) is 4.90 Å². The molecule has 0 radical (unpaired) electrons. The SMILES string of the molecule is Cc1ccc2c(N3CCCC3=O)cccc2c1Oc1ncccc1-c1ccnc(N[C@H]2CCCN(C(=O)O)C2)n1. The molecule has 2 aromatic heterocycles. The summed E-state index contributed by atoms with van der Waals surface area (Å²) < 4.78 is 6.52. The molecule has 4 heterocycles. The fourth-order valence-electron chi connectivity index (χ4n) is 5.49. The van der Waals surface area contributed by atoms with Gasteiger partial charge in [-0.15, -0.1) is 0 Å². The van der Waals surface area contributed by atoms with E-state index in [1.54, 1.807) is 18.5 Å². The normalized spacial score (nSPS) is 17.3. The highest BCUT2D eigenvalue weighted by molar-refractivity contribution is 6.06. The van der Waals surface area contributed by atoms with Gasteiger partial charge in [0.25, 0.3) is 0 Å². The van der Waals surface area contributed by atoms with Gasteiger partial charge in [0, 0.05) is 55.3 Å². The number of likely N-dealkylation sites (tertiary alicyclic amines) is 1. The second-order valence-corrected chi connectivity index (χ2v) is 10.2. The second-order valence-electron chi connectivity index (χ2n) is 10.2. The first-order chi connectivity index (χ1) is 19.5. The Hall–Kier alpha value is -4.73. The number of ether oxygens (including phenoxy) is 1. The standard InChI is InChI=1S/C30H30N6O4/c1-19-11-12-21-22(7-2-9-25(21)36-17-5-10-26(36)37)27(19)40-28-23(8-3-14-31-28)24-13-15-32-29(34-24)33-20-6-4-16-35(18-20)30(38)39/h2-3,7-9,11-15,20H,4-6,10,16-18H2,1H3,(H,38,39)(H,32,33,34)/t20-/m0/s1. The van der Waals surface area contributed by atoms with Crippen LogP contribution in [0.25, 0.3) is 22.0 Å². The molecular formula is C30H30N6O4. The molecule has 10 nitrogen and oxygen atoms in total. The van der Waals surface area contributed by atoms with Gasteiger partial charge in [-0.3, -0.25) is 4.79 Å². The van der Waals surface area contributed by atoms with Crippen LogP contribution < -0.4 is 15.0 Å². The van der Waals surface area contributed by atoms with E-state index in [-0.39, 0.29) is 11.9 Å². The quantitative estimate of drug-likeness (QED) is 0.331. The van der Waals surface area contributed by atoms with Crippen LogP contribution in [0.4, 0.5) is 16.4 Å². The van der Waals surface area contributed by atoms with Gasteiger partial charge in [-0.25, -0.2) is 19.7 Å². The maximum atomic E-state index is 12.5. The number of aryl methyl sites for hydroxylation is 1. The number of pyridine rings is 1. The van der Waals surface area contributed by atoms with E-state index in [2.05, 4.69) is 15.3 Å². The number of hydrogen-bond acceptors (Lipinski definition) is 7. The first-order valence-electron chi connectivity index (χ1n) is 13.5. The lowest BCUT2D eigenvalue weighted by molar-refractivity contribution is -0.117. The minimum absolute atomic E-state index is 0.0697. The Morgan fingerprint density at radius 1 is 1.02 bits per heavy atom. The predicted octanol–water partition coefficient (Wildman–Crippen LogP) is 5.47. The molecule has 2 amide bonds. The van der Waals surface area contributed by atoms with Gasteiger partial charge < -0.3 is 25.0 Å². The average molecular weight is 539 g/mol. The molecule has 10 heteroatoms. The molecule has 2 N–H and O–H groups in total. The van der Waals surface area contributed by atoms with E-state index in [9.17, 15) is 14.7 Å². The predicted molar refractivity (Wildman–Crippen MR) is 152 cm³/mol. The highest BCUT2D eigenvalue weighted by Crippen LogP contribution is 2.40. The Morgan fingerprint density at radius 3 is 2.75 bits per heavy atom. The van der Waals surface area contributed by atoms with Crippen molar-refractivity contribution in [3.8, 4) is 22.9 Å². The maximum Gasteiger partial charge on any atom is 0.407 e. The number of anilines is 2. The molecule has 6 rings (SSSR count). The first kappa shape index (κ1) is 25.5. The molecule has 0 spiro atoms. The van der Waals surface area contributed by atoms with Crippen molar-refractivity contribution in [1.29, 1.82) is 0 Å². The van der Waals surface area contributed by atoms with Gasteiger partial charge in [0.15, 0.2) is 0 Å². The maximum absolute atomic E-state index is 12.5. The van der Waals surface area contributed by atoms with E-state index in [0.717, 1.165) is 41.3 Å². The van der Waals surface area contributed by atoms with Gasteiger partial charge in [-0.2, -0.15) is 0 Å².